The molecule has 3 N–H and O–H groups in total. The lowest BCUT2D eigenvalue weighted by Gasteiger charge is -2.02. The van der Waals surface area contributed by atoms with E-state index in [2.05, 4.69) is 0 Å². The lowest BCUT2D eigenvalue weighted by atomic mass is 10.1. The minimum absolute atomic E-state index is 0.294. The number of hydrogen-bond donors (Lipinski definition) is 2. The molecule has 9 heavy (non-hydrogen) atoms. The molecular weight excluding hydrogens is 118 g/mol. The number of aliphatic carboxylic acids is 1. The fraction of sp³-hybridized carbons (Fsp3) is 0.833. The molecule has 0 bridgehead atoms. The fourth-order valence-corrected chi connectivity index (χ4v) is 0.691. The Labute approximate surface area is 55.3 Å². The summed E-state index contributed by atoms with van der Waals surface area (Å²) < 4.78 is 7.42. The van der Waals surface area contributed by atoms with Crippen molar-refractivity contribution in [2.45, 2.75) is 25.3 Å². The summed E-state index contributed by atoms with van der Waals surface area (Å²) in [6.07, 6.45) is 1.89. The summed E-state index contributed by atoms with van der Waals surface area (Å²) in [5.74, 6) is -1.50. The maximum absolute atomic E-state index is 10.2. The summed E-state index contributed by atoms with van der Waals surface area (Å²) in [5.41, 5.74) is 5.22. The van der Waals surface area contributed by atoms with E-state index in [0.29, 0.717) is 6.42 Å². The zero-order valence-corrected chi connectivity index (χ0v) is 5.13. The van der Waals surface area contributed by atoms with Crippen molar-refractivity contribution in [2.75, 3.05) is 0 Å². The molecule has 52 valence electrons. The lowest BCUT2D eigenvalue weighted by molar-refractivity contribution is -0.138. The van der Waals surface area contributed by atoms with Crippen molar-refractivity contribution in [3.8, 4) is 0 Å². The van der Waals surface area contributed by atoms with Gasteiger partial charge in [-0.15, -0.1) is 0 Å². The first-order valence-electron chi connectivity index (χ1n) is 3.52. The van der Waals surface area contributed by atoms with Crippen molar-refractivity contribution in [3.63, 3.8) is 0 Å². The van der Waals surface area contributed by atoms with Crippen molar-refractivity contribution < 1.29 is 11.3 Å². The third-order valence-corrected chi connectivity index (χ3v) is 1.43. The van der Waals surface area contributed by atoms with E-state index in [-0.39, 0.29) is 0 Å². The van der Waals surface area contributed by atoms with Gasteiger partial charge in [-0.2, -0.15) is 0 Å². The van der Waals surface area contributed by atoms with Gasteiger partial charge in [0, 0.05) is 1.37 Å². The molecule has 1 fully saturated rings. The molecule has 1 aliphatic carbocycles. The quantitative estimate of drug-likeness (QED) is 0.573. The maximum atomic E-state index is 10.2. The minimum Gasteiger partial charge on any atom is -0.480 e. The summed E-state index contributed by atoms with van der Waals surface area (Å²) in [4.78, 5) is 10.2. The summed E-state index contributed by atoms with van der Waals surface area (Å²) >= 11 is 0. The molecular formula is C6H11NO2. The molecule has 0 unspecified atom stereocenters. The molecule has 0 aromatic heterocycles. The highest BCUT2D eigenvalue weighted by Crippen LogP contribution is 2.32. The highest BCUT2D eigenvalue weighted by molar-refractivity contribution is 5.73. The van der Waals surface area contributed by atoms with Crippen molar-refractivity contribution >= 4 is 5.97 Å². The third-order valence-electron chi connectivity index (χ3n) is 1.43. The van der Waals surface area contributed by atoms with E-state index in [1.807, 2.05) is 0 Å². The Bertz CT molecular complexity index is 156. The second kappa shape index (κ2) is 2.35. The Morgan fingerprint density at radius 1 is 2.00 bits per heavy atom. The molecule has 1 atom stereocenters. The van der Waals surface area contributed by atoms with Crippen LogP contribution in [0.5, 0.6) is 0 Å². The predicted molar refractivity (Wildman–Crippen MR) is 33.0 cm³/mol. The summed E-state index contributed by atoms with van der Waals surface area (Å²) in [6.45, 7) is 0. The first-order chi connectivity index (χ1) is 4.53. The minimum atomic E-state index is -1.00. The van der Waals surface area contributed by atoms with Crippen LogP contribution in [0.4, 0.5) is 0 Å². The van der Waals surface area contributed by atoms with E-state index in [1.54, 1.807) is 0 Å². The molecule has 1 saturated carbocycles. The SMILES string of the molecule is [2H]C1(C[C@H](N)C(=O)O)CC1. The zero-order valence-electron chi connectivity index (χ0n) is 6.13. The van der Waals surface area contributed by atoms with Gasteiger partial charge in [-0.25, -0.2) is 0 Å². The second-order valence-electron chi connectivity index (χ2n) is 2.40. The summed E-state index contributed by atoms with van der Waals surface area (Å²) in [7, 11) is 0. The van der Waals surface area contributed by atoms with Gasteiger partial charge in [0.25, 0.3) is 0 Å². The average Bonchev–Trinajstić information content (AvgIpc) is 2.47. The molecule has 0 spiro atoms. The zero-order chi connectivity index (χ0) is 7.78. The number of nitrogens with two attached hydrogens (primary N) is 1. The third kappa shape index (κ3) is 2.01. The van der Waals surface area contributed by atoms with E-state index in [9.17, 15) is 4.79 Å². The van der Waals surface area contributed by atoms with Gasteiger partial charge in [0.2, 0.25) is 0 Å². The lowest BCUT2D eigenvalue weighted by Crippen LogP contribution is -2.30. The van der Waals surface area contributed by atoms with Crippen LogP contribution in [0.25, 0.3) is 0 Å². The Morgan fingerprint density at radius 3 is 2.89 bits per heavy atom. The predicted octanol–water partition coefficient (Wildman–Crippen LogP) is 0.198. The van der Waals surface area contributed by atoms with Crippen LogP contribution in [-0.4, -0.2) is 17.1 Å². The second-order valence-corrected chi connectivity index (χ2v) is 2.40. The van der Waals surface area contributed by atoms with Crippen LogP contribution < -0.4 is 5.73 Å². The first kappa shape index (κ1) is 5.23. The van der Waals surface area contributed by atoms with Crippen LogP contribution >= 0.6 is 0 Å². The Morgan fingerprint density at radius 2 is 2.56 bits per heavy atom. The molecule has 1 aliphatic rings. The van der Waals surface area contributed by atoms with E-state index in [0.717, 1.165) is 12.8 Å². The maximum Gasteiger partial charge on any atom is 0.320 e. The van der Waals surface area contributed by atoms with Gasteiger partial charge in [0.1, 0.15) is 6.04 Å². The first-order valence-corrected chi connectivity index (χ1v) is 3.02. The monoisotopic (exact) mass is 130 g/mol. The smallest absolute Gasteiger partial charge is 0.320 e. The topological polar surface area (TPSA) is 63.3 Å². The van der Waals surface area contributed by atoms with Gasteiger partial charge < -0.3 is 10.8 Å². The Kier molecular flexibility index (Phi) is 1.37. The summed E-state index contributed by atoms with van der Waals surface area (Å²) in [6, 6.07) is -0.847. The fourth-order valence-electron chi connectivity index (χ4n) is 0.691. The van der Waals surface area contributed by atoms with Crippen LogP contribution in [0, 0.1) is 5.89 Å². The van der Waals surface area contributed by atoms with Gasteiger partial charge in [-0.05, 0) is 12.3 Å². The summed E-state index contributed by atoms with van der Waals surface area (Å²) in [5, 5.41) is 8.36. The van der Waals surface area contributed by atoms with E-state index < -0.39 is 17.9 Å². The van der Waals surface area contributed by atoms with Gasteiger partial charge in [-0.1, -0.05) is 12.8 Å². The standard InChI is InChI=1S/C6H11NO2/c7-5(6(8)9)3-4-1-2-4/h4-5H,1-3,7H2,(H,8,9)/t5-/m0/s1/i4D. The van der Waals surface area contributed by atoms with E-state index in [4.69, 9.17) is 12.2 Å². The number of hydrogen-bond acceptors (Lipinski definition) is 2. The van der Waals surface area contributed by atoms with Gasteiger partial charge >= 0.3 is 5.97 Å². The number of carboxylic acid groups (broad SMARTS) is 1. The van der Waals surface area contributed by atoms with E-state index in [1.165, 1.54) is 0 Å². The molecule has 0 aromatic carbocycles. The van der Waals surface area contributed by atoms with Crippen molar-refractivity contribution in [1.82, 2.24) is 0 Å². The molecule has 3 heteroatoms. The molecule has 0 radical (unpaired) electrons. The average molecular weight is 130 g/mol. The molecule has 0 amide bonds. The molecule has 0 saturated heterocycles. The normalized spacial score (nSPS) is 26.6. The van der Waals surface area contributed by atoms with Crippen molar-refractivity contribution in [1.29, 1.82) is 0 Å². The molecule has 0 heterocycles. The Balaban J connectivity index is 2.31. The van der Waals surface area contributed by atoms with Crippen molar-refractivity contribution in [3.05, 3.63) is 0 Å². The largest absolute Gasteiger partial charge is 0.480 e. The van der Waals surface area contributed by atoms with Crippen LogP contribution in [0.15, 0.2) is 0 Å². The number of carboxylic acids is 1. The van der Waals surface area contributed by atoms with Crippen LogP contribution in [0.1, 0.15) is 20.6 Å². The molecule has 0 aromatic rings. The van der Waals surface area contributed by atoms with Gasteiger partial charge in [0.15, 0.2) is 0 Å². The van der Waals surface area contributed by atoms with Gasteiger partial charge in [0.05, 0.1) is 0 Å². The van der Waals surface area contributed by atoms with Crippen LogP contribution in [0.3, 0.4) is 0 Å². The van der Waals surface area contributed by atoms with Gasteiger partial charge in [-0.3, -0.25) is 4.79 Å². The number of rotatable bonds is 3. The highest BCUT2D eigenvalue weighted by Gasteiger charge is 2.26. The Hall–Kier alpha value is -0.570. The number of carbonyl (C=O) groups is 1. The molecule has 1 rings (SSSR count). The van der Waals surface area contributed by atoms with E-state index >= 15 is 0 Å². The molecule has 3 nitrogen and oxygen atoms in total. The van der Waals surface area contributed by atoms with Crippen LogP contribution in [0.2, 0.25) is 0 Å². The van der Waals surface area contributed by atoms with Crippen LogP contribution in [-0.2, 0) is 4.79 Å². The highest BCUT2D eigenvalue weighted by atomic mass is 16.4. The molecule has 0 aliphatic heterocycles. The van der Waals surface area contributed by atoms with Crippen molar-refractivity contribution in [2.24, 2.45) is 11.6 Å².